The van der Waals surface area contributed by atoms with Crippen molar-refractivity contribution in [2.45, 2.75) is 37.5 Å². The zero-order valence-corrected chi connectivity index (χ0v) is 9.68. The average molecular weight is 260 g/mol. The minimum atomic E-state index is -4.56. The van der Waals surface area contributed by atoms with Crippen LogP contribution in [0.3, 0.4) is 0 Å². The van der Waals surface area contributed by atoms with Crippen LogP contribution in [0.2, 0.25) is 0 Å². The van der Waals surface area contributed by atoms with E-state index in [9.17, 15) is 21.6 Å². The number of hydrogen-bond donors (Lipinski definition) is 1. The van der Waals surface area contributed by atoms with Crippen molar-refractivity contribution in [3.8, 4) is 0 Å². The molecular weight excluding hydrogens is 245 g/mol. The van der Waals surface area contributed by atoms with Gasteiger partial charge in [0, 0.05) is 6.04 Å². The summed E-state index contributed by atoms with van der Waals surface area (Å²) in [5.74, 6) is 0. The predicted molar refractivity (Wildman–Crippen MR) is 53.2 cm³/mol. The van der Waals surface area contributed by atoms with Gasteiger partial charge in [0.15, 0.2) is 0 Å². The highest BCUT2D eigenvalue weighted by Crippen LogP contribution is 2.37. The second-order valence-corrected chi connectivity index (χ2v) is 5.85. The van der Waals surface area contributed by atoms with E-state index in [0.29, 0.717) is 17.1 Å². The lowest BCUT2D eigenvalue weighted by Crippen LogP contribution is -2.50. The molecule has 0 aromatic carbocycles. The van der Waals surface area contributed by atoms with Crippen molar-refractivity contribution in [1.82, 2.24) is 4.31 Å². The number of halogens is 3. The van der Waals surface area contributed by atoms with Crippen molar-refractivity contribution in [1.29, 1.82) is 0 Å². The molecule has 1 atom stereocenters. The number of alkyl halides is 3. The molecule has 1 rings (SSSR count). The minimum absolute atomic E-state index is 0.192. The highest BCUT2D eigenvalue weighted by molar-refractivity contribution is 7.88. The molecule has 0 aliphatic heterocycles. The van der Waals surface area contributed by atoms with Gasteiger partial charge in [0.25, 0.3) is 0 Å². The Kier molecular flexibility index (Phi) is 3.86. The zero-order valence-electron chi connectivity index (χ0n) is 8.87. The molecule has 2 N–H and O–H groups in total. The van der Waals surface area contributed by atoms with E-state index in [0.717, 1.165) is 6.26 Å². The zero-order chi connectivity index (χ0) is 12.6. The highest BCUT2D eigenvalue weighted by Gasteiger charge is 2.51. The quantitative estimate of drug-likeness (QED) is 0.791. The van der Waals surface area contributed by atoms with Gasteiger partial charge in [0.2, 0.25) is 10.0 Å². The molecule has 1 aliphatic carbocycles. The Morgan fingerprint density at radius 1 is 1.44 bits per heavy atom. The fourth-order valence-electron chi connectivity index (χ4n) is 1.68. The van der Waals surface area contributed by atoms with Crippen LogP contribution in [0.4, 0.5) is 13.2 Å². The molecule has 1 saturated carbocycles. The maximum Gasteiger partial charge on any atom is 0.405 e. The minimum Gasteiger partial charge on any atom is -0.330 e. The highest BCUT2D eigenvalue weighted by atomic mass is 32.2. The van der Waals surface area contributed by atoms with E-state index in [2.05, 4.69) is 0 Å². The summed E-state index contributed by atoms with van der Waals surface area (Å²) in [6.45, 7) is -0.192. The molecule has 16 heavy (non-hydrogen) atoms. The van der Waals surface area contributed by atoms with Crippen LogP contribution in [0.15, 0.2) is 0 Å². The van der Waals surface area contributed by atoms with Crippen LogP contribution < -0.4 is 5.73 Å². The summed E-state index contributed by atoms with van der Waals surface area (Å²) in [4.78, 5) is 0. The summed E-state index contributed by atoms with van der Waals surface area (Å²) < 4.78 is 61.4. The second kappa shape index (κ2) is 4.50. The molecule has 96 valence electrons. The van der Waals surface area contributed by atoms with E-state index in [1.165, 1.54) is 0 Å². The number of nitrogens with two attached hydrogens (primary N) is 1. The summed E-state index contributed by atoms with van der Waals surface area (Å²) >= 11 is 0. The third-order valence-electron chi connectivity index (χ3n) is 2.41. The van der Waals surface area contributed by atoms with E-state index in [4.69, 9.17) is 5.73 Å². The Labute approximate surface area is 92.6 Å². The molecule has 0 saturated heterocycles. The summed E-state index contributed by atoms with van der Waals surface area (Å²) in [6.07, 6.45) is -3.17. The Balaban J connectivity index is 2.97. The van der Waals surface area contributed by atoms with E-state index >= 15 is 0 Å². The van der Waals surface area contributed by atoms with Gasteiger partial charge in [-0.25, -0.2) is 8.42 Å². The summed E-state index contributed by atoms with van der Waals surface area (Å²) in [5.41, 5.74) is 5.11. The van der Waals surface area contributed by atoms with Crippen molar-refractivity contribution in [2.75, 3.05) is 12.8 Å². The molecule has 1 aliphatic rings. The van der Waals surface area contributed by atoms with Crippen molar-refractivity contribution < 1.29 is 21.6 Å². The molecule has 0 aromatic heterocycles. The molecular formula is C8H15F3N2O2S. The molecule has 1 fully saturated rings. The van der Waals surface area contributed by atoms with Crippen molar-refractivity contribution in [3.05, 3.63) is 0 Å². The third kappa shape index (κ3) is 3.33. The van der Waals surface area contributed by atoms with Gasteiger partial charge in [-0.2, -0.15) is 17.5 Å². The van der Waals surface area contributed by atoms with Gasteiger partial charge in [0.05, 0.1) is 6.26 Å². The molecule has 4 nitrogen and oxygen atoms in total. The molecule has 0 spiro atoms. The Hall–Kier alpha value is -0.340. The standard InChI is InChI=1S/C8H15F3N2O2S/c1-16(14,15)13(6-2-3-6)7(4-5-12)8(9,10)11/h6-7H,2-5,12H2,1H3. The Morgan fingerprint density at radius 3 is 2.19 bits per heavy atom. The van der Waals surface area contributed by atoms with Gasteiger partial charge in [-0.15, -0.1) is 0 Å². The first-order chi connectivity index (χ1) is 7.18. The monoisotopic (exact) mass is 260 g/mol. The number of rotatable bonds is 5. The van der Waals surface area contributed by atoms with Crippen LogP contribution in [0.25, 0.3) is 0 Å². The molecule has 8 heteroatoms. The predicted octanol–water partition coefficient (Wildman–Crippen LogP) is 0.690. The van der Waals surface area contributed by atoms with Crippen LogP contribution in [0, 0.1) is 0 Å². The Morgan fingerprint density at radius 2 is 1.94 bits per heavy atom. The van der Waals surface area contributed by atoms with Crippen molar-refractivity contribution in [3.63, 3.8) is 0 Å². The summed E-state index contributed by atoms with van der Waals surface area (Å²) in [6, 6.07) is -2.49. The van der Waals surface area contributed by atoms with Crippen LogP contribution >= 0.6 is 0 Å². The topological polar surface area (TPSA) is 63.4 Å². The van der Waals surface area contributed by atoms with Crippen LogP contribution in [0.5, 0.6) is 0 Å². The lowest BCUT2D eigenvalue weighted by atomic mass is 10.2. The molecule has 0 heterocycles. The van der Waals surface area contributed by atoms with Crippen LogP contribution in [-0.2, 0) is 10.0 Å². The normalized spacial score (nSPS) is 20.1. The molecule has 0 aromatic rings. The van der Waals surface area contributed by atoms with Gasteiger partial charge in [-0.05, 0) is 25.8 Å². The molecule has 0 bridgehead atoms. The maximum atomic E-state index is 12.7. The van der Waals surface area contributed by atoms with E-state index in [-0.39, 0.29) is 6.54 Å². The number of hydrogen-bond acceptors (Lipinski definition) is 3. The van der Waals surface area contributed by atoms with Gasteiger partial charge in [0.1, 0.15) is 6.04 Å². The Bertz CT molecular complexity index is 338. The first kappa shape index (κ1) is 13.7. The summed E-state index contributed by atoms with van der Waals surface area (Å²) in [5, 5.41) is 0. The maximum absolute atomic E-state index is 12.7. The lowest BCUT2D eigenvalue weighted by Gasteiger charge is -2.31. The smallest absolute Gasteiger partial charge is 0.330 e. The second-order valence-electron chi connectivity index (χ2n) is 3.96. The van der Waals surface area contributed by atoms with Crippen LogP contribution in [0.1, 0.15) is 19.3 Å². The van der Waals surface area contributed by atoms with Gasteiger partial charge < -0.3 is 5.73 Å². The van der Waals surface area contributed by atoms with E-state index in [1.807, 2.05) is 0 Å². The first-order valence-corrected chi connectivity index (χ1v) is 6.78. The van der Waals surface area contributed by atoms with Gasteiger partial charge in [-0.1, -0.05) is 0 Å². The fraction of sp³-hybridized carbons (Fsp3) is 1.00. The fourth-order valence-corrected chi connectivity index (χ4v) is 3.12. The molecule has 0 amide bonds. The largest absolute Gasteiger partial charge is 0.405 e. The third-order valence-corrected chi connectivity index (χ3v) is 3.73. The number of sulfonamides is 1. The van der Waals surface area contributed by atoms with Crippen molar-refractivity contribution in [2.24, 2.45) is 5.73 Å². The average Bonchev–Trinajstić information content (AvgIpc) is 2.83. The first-order valence-electron chi connectivity index (χ1n) is 4.93. The van der Waals surface area contributed by atoms with Crippen molar-refractivity contribution >= 4 is 10.0 Å². The van der Waals surface area contributed by atoms with E-state index < -0.39 is 34.7 Å². The van der Waals surface area contributed by atoms with E-state index in [1.54, 1.807) is 0 Å². The van der Waals surface area contributed by atoms with Gasteiger partial charge in [-0.3, -0.25) is 0 Å². The van der Waals surface area contributed by atoms with Crippen LogP contribution in [-0.4, -0.2) is 43.8 Å². The SMILES string of the molecule is CS(=O)(=O)N(C1CC1)C(CCN)C(F)(F)F. The van der Waals surface area contributed by atoms with Gasteiger partial charge >= 0.3 is 6.18 Å². The molecule has 0 radical (unpaired) electrons. The number of nitrogens with zero attached hydrogens (tertiary/aromatic N) is 1. The molecule has 1 unspecified atom stereocenters. The lowest BCUT2D eigenvalue weighted by molar-refractivity contribution is -0.173. The summed E-state index contributed by atoms with van der Waals surface area (Å²) in [7, 11) is -3.85.